The van der Waals surface area contributed by atoms with Crippen molar-refractivity contribution in [1.29, 1.82) is 0 Å². The Morgan fingerprint density at radius 1 is 0.967 bits per heavy atom. The smallest absolute Gasteiger partial charge is 0.416 e. The number of aliphatic hydroxyl groups is 1. The van der Waals surface area contributed by atoms with Crippen LogP contribution in [0.15, 0.2) is 24.3 Å². The van der Waals surface area contributed by atoms with E-state index in [1.54, 1.807) is 0 Å². The summed E-state index contributed by atoms with van der Waals surface area (Å²) in [6, 6.07) is 1.35. The van der Waals surface area contributed by atoms with Crippen LogP contribution in [-0.2, 0) is 39.6 Å². The molecule has 0 aromatic heterocycles. The highest BCUT2D eigenvalue weighted by Gasteiger charge is 2.39. The van der Waals surface area contributed by atoms with E-state index in [4.69, 9.17) is 0 Å². The van der Waals surface area contributed by atoms with Gasteiger partial charge in [0.05, 0.1) is 39.2 Å². The topological polar surface area (TPSA) is 128 Å². The monoisotopic (exact) mass is 435 g/mol. The van der Waals surface area contributed by atoms with Crippen molar-refractivity contribution >= 4 is 23.8 Å². The van der Waals surface area contributed by atoms with Crippen molar-refractivity contribution in [2.75, 3.05) is 21.3 Å². The minimum atomic E-state index is -4.61. The van der Waals surface area contributed by atoms with Crippen molar-refractivity contribution < 1.29 is 51.7 Å². The fourth-order valence-electron chi connectivity index (χ4n) is 2.44. The van der Waals surface area contributed by atoms with E-state index in [0.29, 0.717) is 12.1 Å². The van der Waals surface area contributed by atoms with E-state index >= 15 is 0 Å². The molecule has 3 atom stereocenters. The van der Waals surface area contributed by atoms with Gasteiger partial charge < -0.3 is 24.6 Å². The minimum Gasteiger partial charge on any atom is -0.469 e. The first-order valence-electron chi connectivity index (χ1n) is 8.34. The van der Waals surface area contributed by atoms with Crippen molar-refractivity contribution in [3.05, 3.63) is 35.4 Å². The van der Waals surface area contributed by atoms with Gasteiger partial charge in [0.15, 0.2) is 6.10 Å². The summed E-state index contributed by atoms with van der Waals surface area (Å²) in [6.45, 7) is 0. The number of nitrogens with one attached hydrogen (secondary N) is 1. The van der Waals surface area contributed by atoms with Crippen molar-refractivity contribution in [2.45, 2.75) is 24.7 Å². The molecule has 0 saturated heterocycles. The lowest BCUT2D eigenvalue weighted by atomic mass is 9.95. The Bertz CT molecular complexity index is 779. The van der Waals surface area contributed by atoms with E-state index in [2.05, 4.69) is 19.5 Å². The van der Waals surface area contributed by atoms with Gasteiger partial charge in [-0.3, -0.25) is 14.4 Å². The fourth-order valence-corrected chi connectivity index (χ4v) is 2.44. The van der Waals surface area contributed by atoms with Gasteiger partial charge in [0.1, 0.15) is 6.04 Å². The zero-order chi connectivity index (χ0) is 23.1. The number of alkyl halides is 3. The van der Waals surface area contributed by atoms with Crippen LogP contribution >= 0.6 is 0 Å². The van der Waals surface area contributed by atoms with Crippen LogP contribution in [0.1, 0.15) is 23.7 Å². The Morgan fingerprint density at radius 3 is 1.93 bits per heavy atom. The molecule has 0 aliphatic heterocycles. The highest BCUT2D eigenvalue weighted by molar-refractivity contribution is 5.92. The number of benzene rings is 1. The van der Waals surface area contributed by atoms with E-state index in [1.807, 2.05) is 0 Å². The number of hydrogen-bond acceptors (Lipinski definition) is 8. The van der Waals surface area contributed by atoms with Crippen LogP contribution in [0.4, 0.5) is 13.2 Å². The summed E-state index contributed by atoms with van der Waals surface area (Å²) in [5.41, 5.74) is -1.19. The van der Waals surface area contributed by atoms with Crippen molar-refractivity contribution in [1.82, 2.24) is 5.32 Å². The Kier molecular flexibility index (Phi) is 8.77. The molecule has 1 rings (SSSR count). The lowest BCUT2D eigenvalue weighted by molar-refractivity contribution is -0.159. The summed E-state index contributed by atoms with van der Waals surface area (Å²) < 4.78 is 51.4. The lowest BCUT2D eigenvalue weighted by Gasteiger charge is -2.24. The second-order valence-corrected chi connectivity index (χ2v) is 5.94. The molecule has 0 unspecified atom stereocenters. The number of aliphatic hydroxyl groups excluding tert-OH is 1. The molecule has 1 aromatic rings. The molecule has 30 heavy (non-hydrogen) atoms. The molecule has 166 valence electrons. The number of halogens is 3. The number of hydrogen-bond donors (Lipinski definition) is 2. The average molecular weight is 435 g/mol. The average Bonchev–Trinajstić information content (AvgIpc) is 2.73. The quantitative estimate of drug-likeness (QED) is 0.452. The van der Waals surface area contributed by atoms with Crippen LogP contribution in [0, 0.1) is 5.92 Å². The number of methoxy groups -OCH3 is 3. The van der Waals surface area contributed by atoms with Gasteiger partial charge in [-0.1, -0.05) is 12.1 Å². The number of ether oxygens (including phenoxy) is 3. The van der Waals surface area contributed by atoms with E-state index in [1.165, 1.54) is 0 Å². The van der Waals surface area contributed by atoms with Crippen molar-refractivity contribution in [3.8, 4) is 0 Å². The summed E-state index contributed by atoms with van der Waals surface area (Å²) in [5, 5.41) is 12.2. The molecule has 0 bridgehead atoms. The molecule has 0 aliphatic rings. The maximum absolute atomic E-state index is 12.6. The Labute approximate surface area is 169 Å². The first kappa shape index (κ1) is 24.9. The van der Waals surface area contributed by atoms with Crippen LogP contribution in [0.5, 0.6) is 0 Å². The number of carbonyl (C=O) groups excluding carboxylic acids is 4. The van der Waals surface area contributed by atoms with Crippen LogP contribution in [-0.4, -0.2) is 56.3 Å². The molecule has 0 saturated carbocycles. The fraction of sp³-hybridized carbons (Fsp3) is 0.444. The predicted octanol–water partition coefficient (Wildman–Crippen LogP) is 0.749. The van der Waals surface area contributed by atoms with Gasteiger partial charge in [0.25, 0.3) is 5.91 Å². The third-order valence-corrected chi connectivity index (χ3v) is 4.08. The normalized spacial score (nSPS) is 14.1. The number of esters is 3. The second kappa shape index (κ2) is 10.6. The molecule has 9 nitrogen and oxygen atoms in total. The Hall–Kier alpha value is -3.15. The van der Waals surface area contributed by atoms with Crippen LogP contribution < -0.4 is 5.32 Å². The van der Waals surface area contributed by atoms with Crippen molar-refractivity contribution in [3.63, 3.8) is 0 Å². The molecule has 0 aliphatic carbocycles. The molecular weight excluding hydrogens is 415 g/mol. The highest BCUT2D eigenvalue weighted by atomic mass is 19.4. The van der Waals surface area contributed by atoms with Gasteiger partial charge >= 0.3 is 24.1 Å². The minimum absolute atomic E-state index is 0.202. The summed E-state index contributed by atoms with van der Waals surface area (Å²) in [7, 11) is 2.98. The van der Waals surface area contributed by atoms with E-state index in [9.17, 15) is 37.5 Å². The second-order valence-electron chi connectivity index (χ2n) is 5.94. The molecule has 1 aromatic carbocycles. The summed E-state index contributed by atoms with van der Waals surface area (Å²) in [4.78, 5) is 48.1. The van der Waals surface area contributed by atoms with E-state index in [0.717, 1.165) is 33.5 Å². The van der Waals surface area contributed by atoms with Gasteiger partial charge in [-0.25, -0.2) is 4.79 Å². The van der Waals surface area contributed by atoms with Gasteiger partial charge in [0.2, 0.25) is 0 Å². The first-order chi connectivity index (χ1) is 14.0. The Morgan fingerprint density at radius 2 is 1.50 bits per heavy atom. The van der Waals surface area contributed by atoms with Gasteiger partial charge in [-0.2, -0.15) is 13.2 Å². The first-order valence-corrected chi connectivity index (χ1v) is 8.34. The zero-order valence-electron chi connectivity index (χ0n) is 16.2. The maximum Gasteiger partial charge on any atom is 0.416 e. The molecule has 0 fully saturated rings. The Balaban J connectivity index is 3.10. The lowest BCUT2D eigenvalue weighted by Crippen LogP contribution is -2.51. The third kappa shape index (κ3) is 6.44. The number of carbonyl (C=O) groups is 4. The molecule has 0 spiro atoms. The van der Waals surface area contributed by atoms with Gasteiger partial charge in [-0.15, -0.1) is 0 Å². The third-order valence-electron chi connectivity index (χ3n) is 4.08. The van der Waals surface area contributed by atoms with Crippen LogP contribution in [0.3, 0.4) is 0 Å². The SMILES string of the molecule is COC(=O)C[C@@H](C(=O)OC)[C@@H](NC(=O)[C@@H](O)c1ccc(C(F)(F)F)cc1)C(=O)OC. The van der Waals surface area contributed by atoms with Crippen LogP contribution in [0.2, 0.25) is 0 Å². The molecule has 12 heteroatoms. The summed E-state index contributed by atoms with van der Waals surface area (Å²) in [5.74, 6) is -5.82. The largest absolute Gasteiger partial charge is 0.469 e. The summed E-state index contributed by atoms with van der Waals surface area (Å²) >= 11 is 0. The molecule has 0 heterocycles. The molecule has 2 N–H and O–H groups in total. The summed E-state index contributed by atoms with van der Waals surface area (Å²) in [6.07, 6.45) is -7.24. The highest BCUT2D eigenvalue weighted by Crippen LogP contribution is 2.30. The van der Waals surface area contributed by atoms with Crippen molar-refractivity contribution in [2.24, 2.45) is 5.92 Å². The van der Waals surface area contributed by atoms with Gasteiger partial charge in [-0.05, 0) is 17.7 Å². The maximum atomic E-state index is 12.6. The molecule has 1 amide bonds. The number of amides is 1. The standard InChI is InChI=1S/C18H20F3NO8/c1-28-12(23)8-11(16(26)29-2)13(17(27)30-3)22-15(25)14(24)9-4-6-10(7-5-9)18(19,20)21/h4-7,11,13-14,24H,8H2,1-3H3,(H,22,25)/t11-,13-,14+/m1/s1. The van der Waals surface area contributed by atoms with Crippen LogP contribution in [0.25, 0.3) is 0 Å². The van der Waals surface area contributed by atoms with Gasteiger partial charge in [0, 0.05) is 0 Å². The van der Waals surface area contributed by atoms with E-state index in [-0.39, 0.29) is 5.56 Å². The number of rotatable bonds is 8. The zero-order valence-corrected chi connectivity index (χ0v) is 16.2. The van der Waals surface area contributed by atoms with E-state index < -0.39 is 60.0 Å². The predicted molar refractivity (Wildman–Crippen MR) is 92.5 cm³/mol. The molecule has 0 radical (unpaired) electrons. The molecular formula is C18H20F3NO8.